The summed E-state index contributed by atoms with van der Waals surface area (Å²) in [6.07, 6.45) is 1.01. The summed E-state index contributed by atoms with van der Waals surface area (Å²) in [5.41, 5.74) is 2.02. The highest BCUT2D eigenvalue weighted by Crippen LogP contribution is 2.30. The molecule has 0 saturated heterocycles. The van der Waals surface area contributed by atoms with Crippen molar-refractivity contribution in [2.75, 3.05) is 28.3 Å². The monoisotopic (exact) mass is 483 g/mol. The van der Waals surface area contributed by atoms with Crippen LogP contribution in [0.4, 0.5) is 17.1 Å². The van der Waals surface area contributed by atoms with Gasteiger partial charge < -0.3 is 10.6 Å². The molecule has 3 amide bonds. The van der Waals surface area contributed by atoms with Gasteiger partial charge in [0.25, 0.3) is 11.8 Å². The van der Waals surface area contributed by atoms with Crippen LogP contribution in [0.25, 0.3) is 0 Å². The molecule has 0 spiro atoms. The molecule has 0 atom stereocenters. The summed E-state index contributed by atoms with van der Waals surface area (Å²) in [5.74, 6) is -1.18. The average molecular weight is 484 g/mol. The van der Waals surface area contributed by atoms with Crippen molar-refractivity contribution in [1.29, 1.82) is 0 Å². The molecule has 0 bridgehead atoms. The van der Waals surface area contributed by atoms with Crippen molar-refractivity contribution < 1.29 is 22.8 Å². The van der Waals surface area contributed by atoms with Crippen molar-refractivity contribution >= 4 is 56.2 Å². The molecule has 3 aromatic carbocycles. The predicted molar refractivity (Wildman–Crippen MR) is 126 cm³/mol. The summed E-state index contributed by atoms with van der Waals surface area (Å²) in [6.45, 7) is -0.104. The van der Waals surface area contributed by atoms with Crippen LogP contribution in [0.15, 0.2) is 71.6 Å². The molecule has 2 N–H and O–H groups in total. The lowest BCUT2D eigenvalue weighted by Crippen LogP contribution is -2.42. The van der Waals surface area contributed by atoms with Crippen LogP contribution >= 0.6 is 11.6 Å². The van der Waals surface area contributed by atoms with E-state index in [-0.39, 0.29) is 33.8 Å². The molecule has 0 saturated carbocycles. The molecule has 168 valence electrons. The molecule has 0 unspecified atom stereocenters. The lowest BCUT2D eigenvalue weighted by atomic mass is 10.1. The van der Waals surface area contributed by atoms with Crippen LogP contribution in [0.1, 0.15) is 20.7 Å². The number of carbonyl (C=O) groups excluding carboxylic acids is 3. The first-order valence-electron chi connectivity index (χ1n) is 9.75. The maximum atomic E-state index is 13.0. The zero-order valence-electron chi connectivity index (χ0n) is 17.3. The number of hydrogen-bond acceptors (Lipinski definition) is 5. The van der Waals surface area contributed by atoms with Crippen molar-refractivity contribution in [3.63, 3.8) is 0 Å². The van der Waals surface area contributed by atoms with Gasteiger partial charge in [0.05, 0.1) is 21.3 Å². The molecule has 33 heavy (non-hydrogen) atoms. The fraction of sp³-hybridized carbons (Fsp3) is 0.0870. The number of para-hydroxylation sites is 2. The highest BCUT2D eigenvalue weighted by Gasteiger charge is 2.27. The molecule has 3 aromatic rings. The molecule has 8 nitrogen and oxygen atoms in total. The standard InChI is InChI=1S/C23H18ClN3O5S/c1-33(31,32)20-12-15(8-11-17(20)24)22(29)25-16-9-6-14(7-10-16)23(30)27-13-21(28)26-18-4-2-3-5-19(18)27/h2-12H,13H2,1H3,(H,25,29)(H,26,28). The second-order valence-electron chi connectivity index (χ2n) is 7.41. The van der Waals surface area contributed by atoms with E-state index in [1.165, 1.54) is 35.2 Å². The molecule has 1 aliphatic heterocycles. The third-order valence-corrected chi connectivity index (χ3v) is 6.58. The van der Waals surface area contributed by atoms with E-state index in [4.69, 9.17) is 11.6 Å². The summed E-state index contributed by atoms with van der Waals surface area (Å²) in [6, 6.07) is 17.2. The van der Waals surface area contributed by atoms with Gasteiger partial charge in [0.15, 0.2) is 9.84 Å². The van der Waals surface area contributed by atoms with Crippen LogP contribution in [0.3, 0.4) is 0 Å². The predicted octanol–water partition coefficient (Wildman–Crippen LogP) is 3.59. The normalized spacial score (nSPS) is 13.2. The summed E-state index contributed by atoms with van der Waals surface area (Å²) in [5, 5.41) is 5.42. The number of nitrogens with one attached hydrogen (secondary N) is 2. The van der Waals surface area contributed by atoms with E-state index in [1.807, 2.05) is 0 Å². The van der Waals surface area contributed by atoms with Gasteiger partial charge in [-0.2, -0.15) is 0 Å². The third kappa shape index (κ3) is 4.74. The Kier molecular flexibility index (Phi) is 5.92. The van der Waals surface area contributed by atoms with Gasteiger partial charge in [0, 0.05) is 23.1 Å². The topological polar surface area (TPSA) is 113 Å². The Morgan fingerprint density at radius 3 is 2.36 bits per heavy atom. The van der Waals surface area contributed by atoms with Crippen LogP contribution < -0.4 is 15.5 Å². The first kappa shape index (κ1) is 22.5. The average Bonchev–Trinajstić information content (AvgIpc) is 2.78. The summed E-state index contributed by atoms with van der Waals surface area (Å²) >= 11 is 5.93. The van der Waals surface area contributed by atoms with E-state index in [2.05, 4.69) is 10.6 Å². The molecule has 0 aromatic heterocycles. The number of fused-ring (bicyclic) bond motifs is 1. The summed E-state index contributed by atoms with van der Waals surface area (Å²) < 4.78 is 23.7. The van der Waals surface area contributed by atoms with Gasteiger partial charge in [0.2, 0.25) is 5.91 Å². The number of hydrogen-bond donors (Lipinski definition) is 2. The molecule has 0 fully saturated rings. The molecular formula is C23H18ClN3O5S. The Morgan fingerprint density at radius 2 is 1.67 bits per heavy atom. The Labute approximate surface area is 195 Å². The number of halogens is 1. The van der Waals surface area contributed by atoms with E-state index in [0.29, 0.717) is 22.6 Å². The minimum atomic E-state index is -3.60. The minimum absolute atomic E-state index is 0.0323. The number of amides is 3. The molecule has 0 aliphatic carbocycles. The second kappa shape index (κ2) is 8.68. The Balaban J connectivity index is 1.52. The van der Waals surface area contributed by atoms with E-state index in [0.717, 1.165) is 6.26 Å². The van der Waals surface area contributed by atoms with Crippen molar-refractivity contribution in [2.45, 2.75) is 4.90 Å². The van der Waals surface area contributed by atoms with Gasteiger partial charge in [0.1, 0.15) is 6.54 Å². The fourth-order valence-corrected chi connectivity index (χ4v) is 4.70. The van der Waals surface area contributed by atoms with Gasteiger partial charge in [-0.05, 0) is 54.6 Å². The van der Waals surface area contributed by atoms with E-state index < -0.39 is 15.7 Å². The quantitative estimate of drug-likeness (QED) is 0.588. The van der Waals surface area contributed by atoms with Crippen LogP contribution in [0.5, 0.6) is 0 Å². The third-order valence-electron chi connectivity index (χ3n) is 5.00. The van der Waals surface area contributed by atoms with Crippen molar-refractivity contribution in [2.24, 2.45) is 0 Å². The molecule has 1 aliphatic rings. The van der Waals surface area contributed by atoms with Gasteiger partial charge in [-0.25, -0.2) is 8.42 Å². The van der Waals surface area contributed by atoms with E-state index in [9.17, 15) is 22.8 Å². The number of carbonyl (C=O) groups is 3. The molecule has 10 heteroatoms. The lowest BCUT2D eigenvalue weighted by molar-refractivity contribution is -0.115. The Morgan fingerprint density at radius 1 is 1.00 bits per heavy atom. The second-order valence-corrected chi connectivity index (χ2v) is 9.80. The number of benzene rings is 3. The van der Waals surface area contributed by atoms with Gasteiger partial charge in [-0.3, -0.25) is 19.3 Å². The molecule has 4 rings (SSSR count). The largest absolute Gasteiger partial charge is 0.323 e. The van der Waals surface area contributed by atoms with Gasteiger partial charge >= 0.3 is 0 Å². The Bertz CT molecular complexity index is 1390. The van der Waals surface area contributed by atoms with E-state index in [1.54, 1.807) is 36.4 Å². The lowest BCUT2D eigenvalue weighted by Gasteiger charge is -2.29. The first-order chi connectivity index (χ1) is 15.6. The number of rotatable bonds is 4. The minimum Gasteiger partial charge on any atom is -0.323 e. The van der Waals surface area contributed by atoms with Crippen LogP contribution in [0.2, 0.25) is 5.02 Å². The molecule has 1 heterocycles. The zero-order valence-corrected chi connectivity index (χ0v) is 18.9. The Hall–Kier alpha value is -3.69. The SMILES string of the molecule is CS(=O)(=O)c1cc(C(=O)Nc2ccc(C(=O)N3CC(=O)Nc4ccccc43)cc2)ccc1Cl. The fourth-order valence-electron chi connectivity index (χ4n) is 3.40. The highest BCUT2D eigenvalue weighted by atomic mass is 35.5. The molecule has 0 radical (unpaired) electrons. The van der Waals surface area contributed by atoms with Crippen LogP contribution in [-0.4, -0.2) is 38.9 Å². The van der Waals surface area contributed by atoms with Crippen LogP contribution in [0, 0.1) is 0 Å². The number of nitrogens with zero attached hydrogens (tertiary/aromatic N) is 1. The molecular weight excluding hydrogens is 466 g/mol. The number of sulfone groups is 1. The van der Waals surface area contributed by atoms with Crippen molar-refractivity contribution in [3.05, 3.63) is 82.9 Å². The van der Waals surface area contributed by atoms with Gasteiger partial charge in [-0.15, -0.1) is 0 Å². The van der Waals surface area contributed by atoms with Crippen molar-refractivity contribution in [3.8, 4) is 0 Å². The van der Waals surface area contributed by atoms with E-state index >= 15 is 0 Å². The van der Waals surface area contributed by atoms with Crippen molar-refractivity contribution in [1.82, 2.24) is 0 Å². The number of anilines is 3. The maximum absolute atomic E-state index is 13.0. The highest BCUT2D eigenvalue weighted by molar-refractivity contribution is 7.90. The van der Waals surface area contributed by atoms with Crippen LogP contribution in [-0.2, 0) is 14.6 Å². The maximum Gasteiger partial charge on any atom is 0.258 e. The van der Waals surface area contributed by atoms with Gasteiger partial charge in [-0.1, -0.05) is 23.7 Å². The first-order valence-corrected chi connectivity index (χ1v) is 12.0. The summed E-state index contributed by atoms with van der Waals surface area (Å²) in [7, 11) is -3.60. The zero-order chi connectivity index (χ0) is 23.8. The summed E-state index contributed by atoms with van der Waals surface area (Å²) in [4.78, 5) is 38.8. The smallest absolute Gasteiger partial charge is 0.258 e.